The summed E-state index contributed by atoms with van der Waals surface area (Å²) >= 11 is 3.25. The minimum absolute atomic E-state index is 0.0623. The lowest BCUT2D eigenvalue weighted by Crippen LogP contribution is -2.26. The summed E-state index contributed by atoms with van der Waals surface area (Å²) in [5.41, 5.74) is 0.385. The zero-order valence-electron chi connectivity index (χ0n) is 11.6. The van der Waals surface area contributed by atoms with Crippen molar-refractivity contribution in [1.29, 1.82) is 0 Å². The van der Waals surface area contributed by atoms with Gasteiger partial charge in [-0.25, -0.2) is 4.39 Å². The molecule has 0 saturated carbocycles. The van der Waals surface area contributed by atoms with Crippen LogP contribution in [0.2, 0.25) is 0 Å². The summed E-state index contributed by atoms with van der Waals surface area (Å²) in [5, 5.41) is 10.7. The van der Waals surface area contributed by atoms with Crippen molar-refractivity contribution in [3.63, 3.8) is 0 Å². The average Bonchev–Trinajstić information content (AvgIpc) is 2.50. The summed E-state index contributed by atoms with van der Waals surface area (Å²) in [6.45, 7) is 0.0623. The van der Waals surface area contributed by atoms with Gasteiger partial charge in [0.1, 0.15) is 5.82 Å². The molecule has 0 N–H and O–H groups in total. The van der Waals surface area contributed by atoms with Crippen LogP contribution in [0.5, 0.6) is 0 Å². The van der Waals surface area contributed by atoms with Crippen molar-refractivity contribution in [1.82, 2.24) is 4.90 Å². The molecule has 0 unspecified atom stereocenters. The van der Waals surface area contributed by atoms with Gasteiger partial charge in [0.05, 0.1) is 4.92 Å². The summed E-state index contributed by atoms with van der Waals surface area (Å²) < 4.78 is 14.4. The van der Waals surface area contributed by atoms with Crippen molar-refractivity contribution in [2.45, 2.75) is 6.54 Å². The number of nitro benzene ring substituents is 1. The van der Waals surface area contributed by atoms with Crippen molar-refractivity contribution in [3.05, 3.63) is 74.0 Å². The largest absolute Gasteiger partial charge is 0.337 e. The molecule has 0 radical (unpaired) electrons. The van der Waals surface area contributed by atoms with Crippen molar-refractivity contribution in [2.24, 2.45) is 0 Å². The maximum absolute atomic E-state index is 13.7. The normalized spacial score (nSPS) is 10.3. The Morgan fingerprint density at radius 1 is 1.32 bits per heavy atom. The van der Waals surface area contributed by atoms with Crippen LogP contribution in [0.1, 0.15) is 15.9 Å². The number of nitrogens with zero attached hydrogens (tertiary/aromatic N) is 2. The highest BCUT2D eigenvalue weighted by molar-refractivity contribution is 9.10. The third-order valence-corrected chi connectivity index (χ3v) is 3.56. The van der Waals surface area contributed by atoms with Crippen LogP contribution in [0.3, 0.4) is 0 Å². The molecule has 114 valence electrons. The molecule has 2 aromatic rings. The quantitative estimate of drug-likeness (QED) is 0.611. The second kappa shape index (κ2) is 6.65. The second-order valence-electron chi connectivity index (χ2n) is 4.70. The number of non-ortho nitro benzene ring substituents is 1. The van der Waals surface area contributed by atoms with E-state index in [-0.39, 0.29) is 17.8 Å². The first-order valence-electron chi connectivity index (χ1n) is 6.32. The SMILES string of the molecule is CN(Cc1cc(Br)ccc1F)C(=O)c1cccc([N+](=O)[O-])c1. The Morgan fingerprint density at radius 2 is 2.05 bits per heavy atom. The predicted octanol–water partition coefficient (Wildman–Crippen LogP) is 3.77. The fraction of sp³-hybridized carbons (Fsp3) is 0.133. The molecule has 22 heavy (non-hydrogen) atoms. The monoisotopic (exact) mass is 366 g/mol. The lowest BCUT2D eigenvalue weighted by molar-refractivity contribution is -0.384. The fourth-order valence-electron chi connectivity index (χ4n) is 1.96. The molecule has 2 rings (SSSR count). The van der Waals surface area contributed by atoms with Crippen LogP contribution in [0.25, 0.3) is 0 Å². The molecule has 0 bridgehead atoms. The Hall–Kier alpha value is -2.28. The number of nitro groups is 1. The zero-order valence-corrected chi connectivity index (χ0v) is 13.2. The first-order valence-corrected chi connectivity index (χ1v) is 7.11. The molecule has 0 heterocycles. The Morgan fingerprint density at radius 3 is 2.73 bits per heavy atom. The molecule has 2 aromatic carbocycles. The molecule has 0 spiro atoms. The maximum atomic E-state index is 13.7. The molecular formula is C15H12BrFN2O3. The summed E-state index contributed by atoms with van der Waals surface area (Å²) in [6, 6.07) is 9.92. The number of carbonyl (C=O) groups is 1. The molecule has 1 amide bonds. The average molecular weight is 367 g/mol. The standard InChI is InChI=1S/C15H12BrFN2O3/c1-18(9-11-7-12(16)5-6-14(11)17)15(20)10-3-2-4-13(8-10)19(21)22/h2-8H,9H2,1H3. The number of rotatable bonds is 4. The van der Waals surface area contributed by atoms with E-state index in [1.165, 1.54) is 42.3 Å². The molecule has 0 aliphatic heterocycles. The van der Waals surface area contributed by atoms with Gasteiger partial charge in [0.2, 0.25) is 0 Å². The highest BCUT2D eigenvalue weighted by Crippen LogP contribution is 2.19. The van der Waals surface area contributed by atoms with E-state index in [9.17, 15) is 19.3 Å². The van der Waals surface area contributed by atoms with Crippen molar-refractivity contribution < 1.29 is 14.1 Å². The van der Waals surface area contributed by atoms with Crippen LogP contribution in [0, 0.1) is 15.9 Å². The topological polar surface area (TPSA) is 63.5 Å². The van der Waals surface area contributed by atoms with E-state index >= 15 is 0 Å². The Labute approximate surface area is 134 Å². The minimum Gasteiger partial charge on any atom is -0.337 e. The van der Waals surface area contributed by atoms with Gasteiger partial charge in [-0.2, -0.15) is 0 Å². The molecular weight excluding hydrogens is 355 g/mol. The summed E-state index contributed by atoms with van der Waals surface area (Å²) in [5.74, 6) is -0.829. The van der Waals surface area contributed by atoms with Crippen molar-refractivity contribution >= 4 is 27.5 Å². The number of halogens is 2. The van der Waals surface area contributed by atoms with Crippen LogP contribution in [0.15, 0.2) is 46.9 Å². The third kappa shape index (κ3) is 3.67. The third-order valence-electron chi connectivity index (χ3n) is 3.07. The summed E-state index contributed by atoms with van der Waals surface area (Å²) in [7, 11) is 1.52. The predicted molar refractivity (Wildman–Crippen MR) is 83.0 cm³/mol. The van der Waals surface area contributed by atoms with E-state index < -0.39 is 16.6 Å². The number of hydrogen-bond donors (Lipinski definition) is 0. The van der Waals surface area contributed by atoms with E-state index in [0.29, 0.717) is 10.0 Å². The number of carbonyl (C=O) groups excluding carboxylic acids is 1. The Balaban J connectivity index is 2.20. The van der Waals surface area contributed by atoms with Crippen LogP contribution >= 0.6 is 15.9 Å². The van der Waals surface area contributed by atoms with Gasteiger partial charge in [-0.15, -0.1) is 0 Å². The van der Waals surface area contributed by atoms with Gasteiger partial charge in [0.15, 0.2) is 0 Å². The van der Waals surface area contributed by atoms with Crippen LogP contribution < -0.4 is 0 Å². The van der Waals surface area contributed by atoms with Gasteiger partial charge in [-0.05, 0) is 24.3 Å². The lowest BCUT2D eigenvalue weighted by Gasteiger charge is -2.18. The van der Waals surface area contributed by atoms with Crippen LogP contribution in [-0.4, -0.2) is 22.8 Å². The first-order chi connectivity index (χ1) is 10.4. The molecule has 0 aliphatic carbocycles. The number of hydrogen-bond acceptors (Lipinski definition) is 3. The fourth-order valence-corrected chi connectivity index (χ4v) is 2.37. The van der Waals surface area contributed by atoms with Gasteiger partial charge in [-0.1, -0.05) is 22.0 Å². The van der Waals surface area contributed by atoms with Crippen molar-refractivity contribution in [2.75, 3.05) is 7.05 Å². The first kappa shape index (κ1) is 16.1. The number of amides is 1. The molecule has 5 nitrogen and oxygen atoms in total. The van der Waals surface area contributed by atoms with Crippen LogP contribution in [-0.2, 0) is 6.54 Å². The lowest BCUT2D eigenvalue weighted by atomic mass is 10.1. The Kier molecular flexibility index (Phi) is 4.87. The Bertz CT molecular complexity index is 736. The smallest absolute Gasteiger partial charge is 0.270 e. The molecule has 7 heteroatoms. The highest BCUT2D eigenvalue weighted by atomic mass is 79.9. The minimum atomic E-state index is -0.565. The molecule has 0 aromatic heterocycles. The van der Waals surface area contributed by atoms with E-state index in [1.807, 2.05) is 0 Å². The summed E-state index contributed by atoms with van der Waals surface area (Å²) in [4.78, 5) is 23.8. The van der Waals surface area contributed by atoms with E-state index in [2.05, 4.69) is 15.9 Å². The van der Waals surface area contributed by atoms with Crippen LogP contribution in [0.4, 0.5) is 10.1 Å². The van der Waals surface area contributed by atoms with Gasteiger partial charge in [0, 0.05) is 41.3 Å². The molecule has 0 saturated heterocycles. The zero-order chi connectivity index (χ0) is 16.3. The maximum Gasteiger partial charge on any atom is 0.270 e. The molecule has 0 atom stereocenters. The van der Waals surface area contributed by atoms with Crippen molar-refractivity contribution in [3.8, 4) is 0 Å². The van der Waals surface area contributed by atoms with Gasteiger partial charge in [0.25, 0.3) is 11.6 Å². The van der Waals surface area contributed by atoms with E-state index in [0.717, 1.165) is 0 Å². The second-order valence-corrected chi connectivity index (χ2v) is 5.62. The van der Waals surface area contributed by atoms with E-state index in [1.54, 1.807) is 12.1 Å². The van der Waals surface area contributed by atoms with E-state index in [4.69, 9.17) is 0 Å². The highest BCUT2D eigenvalue weighted by Gasteiger charge is 2.16. The molecule has 0 aliphatic rings. The van der Waals surface area contributed by atoms with Gasteiger partial charge in [-0.3, -0.25) is 14.9 Å². The van der Waals surface area contributed by atoms with Gasteiger partial charge < -0.3 is 4.90 Å². The summed E-state index contributed by atoms with van der Waals surface area (Å²) in [6.07, 6.45) is 0. The molecule has 0 fully saturated rings. The number of benzene rings is 2. The van der Waals surface area contributed by atoms with Gasteiger partial charge >= 0.3 is 0 Å².